The molecule has 3 heteroatoms. The SMILES string of the molecule is CCCC1NC(c2ccc(C)cc2)N(CC2CCC2)C1=O. The molecule has 3 rings (SSSR count). The van der Waals surface area contributed by atoms with Gasteiger partial charge in [0.25, 0.3) is 0 Å². The Morgan fingerprint density at radius 1 is 1.24 bits per heavy atom. The van der Waals surface area contributed by atoms with Crippen molar-refractivity contribution in [3.63, 3.8) is 0 Å². The molecule has 21 heavy (non-hydrogen) atoms. The van der Waals surface area contributed by atoms with Crippen molar-refractivity contribution in [2.45, 2.75) is 58.2 Å². The summed E-state index contributed by atoms with van der Waals surface area (Å²) < 4.78 is 0. The molecular weight excluding hydrogens is 260 g/mol. The summed E-state index contributed by atoms with van der Waals surface area (Å²) in [5, 5.41) is 3.56. The van der Waals surface area contributed by atoms with Crippen LogP contribution >= 0.6 is 0 Å². The normalized spacial score (nSPS) is 26.2. The Labute approximate surface area is 127 Å². The lowest BCUT2D eigenvalue weighted by Gasteiger charge is -2.33. The van der Waals surface area contributed by atoms with Gasteiger partial charge in [0.05, 0.1) is 6.04 Å². The van der Waals surface area contributed by atoms with Gasteiger partial charge in [0.2, 0.25) is 5.91 Å². The summed E-state index contributed by atoms with van der Waals surface area (Å²) in [7, 11) is 0. The first kappa shape index (κ1) is 14.6. The maximum Gasteiger partial charge on any atom is 0.241 e. The minimum Gasteiger partial charge on any atom is -0.321 e. The molecule has 2 fully saturated rings. The van der Waals surface area contributed by atoms with E-state index in [9.17, 15) is 4.79 Å². The molecule has 1 N–H and O–H groups in total. The lowest BCUT2D eigenvalue weighted by Crippen LogP contribution is -2.37. The smallest absolute Gasteiger partial charge is 0.241 e. The van der Waals surface area contributed by atoms with Crippen LogP contribution in [0, 0.1) is 12.8 Å². The lowest BCUT2D eigenvalue weighted by atomic mass is 9.85. The van der Waals surface area contributed by atoms with Crippen LogP contribution in [0.4, 0.5) is 0 Å². The number of hydrogen-bond donors (Lipinski definition) is 1. The quantitative estimate of drug-likeness (QED) is 0.900. The summed E-state index contributed by atoms with van der Waals surface area (Å²) in [5.41, 5.74) is 2.48. The number of aryl methyl sites for hydroxylation is 1. The van der Waals surface area contributed by atoms with Gasteiger partial charge >= 0.3 is 0 Å². The topological polar surface area (TPSA) is 32.3 Å². The Kier molecular flexibility index (Phi) is 4.29. The van der Waals surface area contributed by atoms with E-state index in [0.29, 0.717) is 11.8 Å². The first-order valence-corrected chi connectivity index (χ1v) is 8.32. The summed E-state index contributed by atoms with van der Waals surface area (Å²) in [4.78, 5) is 14.8. The largest absolute Gasteiger partial charge is 0.321 e. The highest BCUT2D eigenvalue weighted by molar-refractivity contribution is 5.84. The summed E-state index contributed by atoms with van der Waals surface area (Å²) >= 11 is 0. The third kappa shape index (κ3) is 2.98. The van der Waals surface area contributed by atoms with Gasteiger partial charge in [-0.1, -0.05) is 49.6 Å². The van der Waals surface area contributed by atoms with Crippen molar-refractivity contribution in [3.8, 4) is 0 Å². The second-order valence-electron chi connectivity index (χ2n) is 6.61. The molecule has 1 heterocycles. The molecule has 2 aliphatic rings. The molecule has 3 nitrogen and oxygen atoms in total. The average molecular weight is 286 g/mol. The third-order valence-electron chi connectivity index (χ3n) is 4.90. The number of rotatable bonds is 5. The zero-order valence-corrected chi connectivity index (χ0v) is 13.1. The van der Waals surface area contributed by atoms with Crippen LogP contribution in [0.25, 0.3) is 0 Å². The average Bonchev–Trinajstić information content (AvgIpc) is 2.73. The zero-order chi connectivity index (χ0) is 14.8. The highest BCUT2D eigenvalue weighted by Gasteiger charge is 2.40. The van der Waals surface area contributed by atoms with Gasteiger partial charge in [0, 0.05) is 6.54 Å². The van der Waals surface area contributed by atoms with E-state index in [-0.39, 0.29) is 12.2 Å². The van der Waals surface area contributed by atoms with Crippen LogP contribution in [0.2, 0.25) is 0 Å². The highest BCUT2D eigenvalue weighted by atomic mass is 16.2. The van der Waals surface area contributed by atoms with Gasteiger partial charge in [-0.2, -0.15) is 0 Å². The molecule has 0 spiro atoms. The Morgan fingerprint density at radius 2 is 1.95 bits per heavy atom. The van der Waals surface area contributed by atoms with Crippen molar-refractivity contribution in [1.29, 1.82) is 0 Å². The van der Waals surface area contributed by atoms with Crippen LogP contribution in [-0.4, -0.2) is 23.4 Å². The van der Waals surface area contributed by atoms with Gasteiger partial charge < -0.3 is 4.90 Å². The van der Waals surface area contributed by atoms with Gasteiger partial charge in [0.1, 0.15) is 6.17 Å². The molecule has 1 amide bonds. The van der Waals surface area contributed by atoms with Crippen LogP contribution < -0.4 is 5.32 Å². The molecule has 1 aliphatic carbocycles. The fraction of sp³-hybridized carbons (Fsp3) is 0.611. The van der Waals surface area contributed by atoms with Gasteiger partial charge in [-0.15, -0.1) is 0 Å². The van der Waals surface area contributed by atoms with E-state index in [4.69, 9.17) is 0 Å². The minimum absolute atomic E-state index is 0.00128. The van der Waals surface area contributed by atoms with Gasteiger partial charge in [-0.05, 0) is 37.7 Å². The molecule has 1 saturated heterocycles. The molecule has 1 saturated carbocycles. The summed E-state index contributed by atoms with van der Waals surface area (Å²) in [5.74, 6) is 1.01. The van der Waals surface area contributed by atoms with E-state index in [2.05, 4.69) is 48.3 Å². The minimum atomic E-state index is 0.00128. The highest BCUT2D eigenvalue weighted by Crippen LogP contribution is 2.33. The van der Waals surface area contributed by atoms with E-state index >= 15 is 0 Å². The Morgan fingerprint density at radius 3 is 2.52 bits per heavy atom. The Hall–Kier alpha value is -1.35. The maximum atomic E-state index is 12.7. The number of amides is 1. The van der Waals surface area contributed by atoms with Crippen LogP contribution in [0.5, 0.6) is 0 Å². The van der Waals surface area contributed by atoms with Gasteiger partial charge in [-0.3, -0.25) is 10.1 Å². The van der Waals surface area contributed by atoms with Crippen LogP contribution in [0.1, 0.15) is 56.3 Å². The van der Waals surface area contributed by atoms with Crippen LogP contribution in [0.3, 0.4) is 0 Å². The first-order valence-electron chi connectivity index (χ1n) is 8.32. The maximum absolute atomic E-state index is 12.7. The van der Waals surface area contributed by atoms with Crippen molar-refractivity contribution in [2.24, 2.45) is 5.92 Å². The Balaban J connectivity index is 1.80. The molecular formula is C18H26N2O. The summed E-state index contributed by atoms with van der Waals surface area (Å²) in [6.45, 7) is 5.16. The molecule has 0 aromatic heterocycles. The van der Waals surface area contributed by atoms with Crippen LogP contribution in [0.15, 0.2) is 24.3 Å². The van der Waals surface area contributed by atoms with Gasteiger partial charge in [0.15, 0.2) is 0 Å². The van der Waals surface area contributed by atoms with Crippen LogP contribution in [-0.2, 0) is 4.79 Å². The third-order valence-corrected chi connectivity index (χ3v) is 4.90. The van der Waals surface area contributed by atoms with Crippen molar-refractivity contribution >= 4 is 5.91 Å². The van der Waals surface area contributed by atoms with E-state index in [1.165, 1.54) is 30.4 Å². The predicted octanol–water partition coefficient (Wildman–Crippen LogP) is 3.39. The number of hydrogen-bond acceptors (Lipinski definition) is 2. The number of nitrogens with one attached hydrogen (secondary N) is 1. The van der Waals surface area contributed by atoms with E-state index in [1.807, 2.05) is 0 Å². The monoisotopic (exact) mass is 286 g/mol. The predicted molar refractivity (Wildman–Crippen MR) is 84.8 cm³/mol. The van der Waals surface area contributed by atoms with Crippen molar-refractivity contribution in [2.75, 3.05) is 6.54 Å². The van der Waals surface area contributed by atoms with Crippen molar-refractivity contribution < 1.29 is 4.79 Å². The second-order valence-corrected chi connectivity index (χ2v) is 6.61. The molecule has 1 aromatic carbocycles. The van der Waals surface area contributed by atoms with Crippen molar-refractivity contribution in [1.82, 2.24) is 10.2 Å². The van der Waals surface area contributed by atoms with Gasteiger partial charge in [-0.25, -0.2) is 0 Å². The summed E-state index contributed by atoms with van der Waals surface area (Å²) in [6, 6.07) is 8.58. The zero-order valence-electron chi connectivity index (χ0n) is 13.1. The Bertz CT molecular complexity index is 492. The molecule has 0 bridgehead atoms. The molecule has 1 aromatic rings. The van der Waals surface area contributed by atoms with E-state index < -0.39 is 0 Å². The van der Waals surface area contributed by atoms with E-state index in [1.54, 1.807) is 0 Å². The fourth-order valence-corrected chi connectivity index (χ4v) is 3.35. The number of benzene rings is 1. The number of carbonyl (C=O) groups excluding carboxylic acids is 1. The summed E-state index contributed by atoms with van der Waals surface area (Å²) in [6.07, 6.45) is 5.93. The fourth-order valence-electron chi connectivity index (χ4n) is 3.35. The lowest BCUT2D eigenvalue weighted by molar-refractivity contribution is -0.131. The molecule has 1 aliphatic heterocycles. The molecule has 114 valence electrons. The number of carbonyl (C=O) groups is 1. The molecule has 2 unspecified atom stereocenters. The van der Waals surface area contributed by atoms with E-state index in [0.717, 1.165) is 19.4 Å². The standard InChI is InChI=1S/C18H26N2O/c1-3-5-16-18(21)20(12-14-6-4-7-14)17(19-16)15-10-8-13(2)9-11-15/h8-11,14,16-17,19H,3-7,12H2,1-2H3. The number of nitrogens with zero attached hydrogens (tertiary/aromatic N) is 1. The first-order chi connectivity index (χ1) is 10.2. The van der Waals surface area contributed by atoms with Crippen molar-refractivity contribution in [3.05, 3.63) is 35.4 Å². The second kappa shape index (κ2) is 6.18. The molecule has 2 atom stereocenters. The molecule has 0 radical (unpaired) electrons.